The van der Waals surface area contributed by atoms with Crippen LogP contribution in [0.5, 0.6) is 0 Å². The number of para-hydroxylation sites is 1. The van der Waals surface area contributed by atoms with Crippen molar-refractivity contribution in [3.05, 3.63) is 70.3 Å². The minimum atomic E-state index is -0.373. The largest absolute Gasteiger partial charge is 0.309 e. The summed E-state index contributed by atoms with van der Waals surface area (Å²) in [6, 6.07) is 16.9. The molecule has 6 heteroatoms. The topological polar surface area (TPSA) is 66.7 Å². The highest BCUT2D eigenvalue weighted by Gasteiger charge is 2.29. The Morgan fingerprint density at radius 1 is 1.10 bits per heavy atom. The lowest BCUT2D eigenvalue weighted by Gasteiger charge is -2.39. The van der Waals surface area contributed by atoms with Gasteiger partial charge in [-0.3, -0.25) is 19.8 Å². The molecule has 29 heavy (non-hydrogen) atoms. The van der Waals surface area contributed by atoms with Crippen LogP contribution in [0.4, 0.5) is 11.4 Å². The van der Waals surface area contributed by atoms with Crippen molar-refractivity contribution in [2.45, 2.75) is 45.7 Å². The van der Waals surface area contributed by atoms with Crippen LogP contribution >= 0.6 is 0 Å². The molecule has 0 radical (unpaired) electrons. The number of hydrogen-bond donors (Lipinski definition) is 0. The second kappa shape index (κ2) is 9.65. The van der Waals surface area contributed by atoms with Crippen molar-refractivity contribution in [2.75, 3.05) is 18.0 Å². The highest BCUT2D eigenvalue weighted by atomic mass is 16.6. The average molecular weight is 396 g/mol. The molecule has 0 aliphatic carbocycles. The number of carbonyl (C=O) groups excluding carboxylic acids is 1. The van der Waals surface area contributed by atoms with Crippen molar-refractivity contribution in [3.8, 4) is 0 Å². The molecule has 0 atom stereocenters. The van der Waals surface area contributed by atoms with Gasteiger partial charge in [0.15, 0.2) is 0 Å². The molecule has 0 unspecified atom stereocenters. The number of piperidine rings is 1. The summed E-state index contributed by atoms with van der Waals surface area (Å²) in [6.45, 7) is 6.73. The molecule has 0 saturated carbocycles. The van der Waals surface area contributed by atoms with E-state index in [0.29, 0.717) is 12.3 Å². The molecule has 1 aliphatic heterocycles. The molecule has 0 N–H and O–H groups in total. The van der Waals surface area contributed by atoms with E-state index < -0.39 is 0 Å². The smallest absolute Gasteiger partial charge is 0.269 e. The Balaban J connectivity index is 1.63. The van der Waals surface area contributed by atoms with E-state index in [1.807, 2.05) is 47.4 Å². The molecule has 154 valence electrons. The number of rotatable bonds is 7. The number of likely N-dealkylation sites (tertiary alicyclic amines) is 1. The first-order chi connectivity index (χ1) is 13.9. The lowest BCUT2D eigenvalue weighted by atomic mass is 9.99. The van der Waals surface area contributed by atoms with Gasteiger partial charge in [-0.05, 0) is 36.5 Å². The number of non-ortho nitro benzene ring substituents is 1. The molecule has 1 heterocycles. The van der Waals surface area contributed by atoms with Crippen LogP contribution in [0.2, 0.25) is 0 Å². The molecule has 0 aromatic heterocycles. The standard InChI is InChI=1S/C23H29N3O3/c1-18(2)16-23(27)25(20-6-4-3-5-7-20)21-12-14-24(15-13-21)17-19-8-10-22(11-9-19)26(28)29/h3-11,18,21H,12-17H2,1-2H3. The molecule has 2 aromatic carbocycles. The first-order valence-electron chi connectivity index (χ1n) is 10.3. The Labute approximate surface area is 172 Å². The third kappa shape index (κ3) is 5.64. The van der Waals surface area contributed by atoms with Crippen LogP contribution in [-0.2, 0) is 11.3 Å². The maximum absolute atomic E-state index is 13.0. The molecule has 0 spiro atoms. The van der Waals surface area contributed by atoms with Gasteiger partial charge in [-0.25, -0.2) is 0 Å². The van der Waals surface area contributed by atoms with Gasteiger partial charge >= 0.3 is 0 Å². The predicted octanol–water partition coefficient (Wildman–Crippen LogP) is 4.64. The second-order valence-corrected chi connectivity index (χ2v) is 8.13. The summed E-state index contributed by atoms with van der Waals surface area (Å²) in [5, 5.41) is 10.8. The quantitative estimate of drug-likeness (QED) is 0.506. The van der Waals surface area contributed by atoms with Crippen LogP contribution in [0.3, 0.4) is 0 Å². The zero-order valence-electron chi connectivity index (χ0n) is 17.2. The number of nitro benzene ring substituents is 1. The minimum absolute atomic E-state index is 0.120. The lowest BCUT2D eigenvalue weighted by molar-refractivity contribution is -0.384. The molecule has 3 rings (SSSR count). The second-order valence-electron chi connectivity index (χ2n) is 8.13. The number of nitrogens with zero attached hydrogens (tertiary/aromatic N) is 3. The van der Waals surface area contributed by atoms with Gasteiger partial charge in [-0.15, -0.1) is 0 Å². The van der Waals surface area contributed by atoms with Crippen LogP contribution in [0.15, 0.2) is 54.6 Å². The third-order valence-electron chi connectivity index (χ3n) is 5.36. The Morgan fingerprint density at radius 3 is 2.28 bits per heavy atom. The first kappa shape index (κ1) is 21.0. The van der Waals surface area contributed by atoms with Crippen molar-refractivity contribution >= 4 is 17.3 Å². The van der Waals surface area contributed by atoms with Gasteiger partial charge in [0.1, 0.15) is 0 Å². The zero-order valence-corrected chi connectivity index (χ0v) is 17.2. The van der Waals surface area contributed by atoms with Gasteiger partial charge in [-0.1, -0.05) is 44.2 Å². The summed E-state index contributed by atoms with van der Waals surface area (Å²) < 4.78 is 0. The Bertz CT molecular complexity index is 813. The van der Waals surface area contributed by atoms with Crippen LogP contribution in [0, 0.1) is 16.0 Å². The summed E-state index contributed by atoms with van der Waals surface area (Å²) in [5.41, 5.74) is 2.17. The zero-order chi connectivity index (χ0) is 20.8. The number of carbonyl (C=O) groups is 1. The summed E-state index contributed by atoms with van der Waals surface area (Å²) in [4.78, 5) is 27.8. The molecule has 1 amide bonds. The van der Waals surface area contributed by atoms with E-state index in [-0.39, 0.29) is 22.6 Å². The molecule has 6 nitrogen and oxygen atoms in total. The summed E-state index contributed by atoms with van der Waals surface area (Å²) in [7, 11) is 0. The van der Waals surface area contributed by atoms with E-state index in [4.69, 9.17) is 0 Å². The SMILES string of the molecule is CC(C)CC(=O)N(c1ccccc1)C1CCN(Cc2ccc([N+](=O)[O-])cc2)CC1. The fourth-order valence-electron chi connectivity index (χ4n) is 3.91. The Hall–Kier alpha value is -2.73. The van der Waals surface area contributed by atoms with Gasteiger partial charge in [-0.2, -0.15) is 0 Å². The number of benzene rings is 2. The molecule has 1 fully saturated rings. The van der Waals surface area contributed by atoms with Gasteiger partial charge in [0.25, 0.3) is 5.69 Å². The predicted molar refractivity (Wildman–Crippen MR) is 115 cm³/mol. The average Bonchev–Trinajstić information content (AvgIpc) is 2.70. The number of amides is 1. The van der Waals surface area contributed by atoms with Crippen LogP contribution < -0.4 is 4.90 Å². The summed E-state index contributed by atoms with van der Waals surface area (Å²) in [6.07, 6.45) is 2.40. The van der Waals surface area contributed by atoms with Crippen LogP contribution in [-0.4, -0.2) is 34.9 Å². The third-order valence-corrected chi connectivity index (χ3v) is 5.36. The van der Waals surface area contributed by atoms with Crippen molar-refractivity contribution < 1.29 is 9.72 Å². The summed E-state index contributed by atoms with van der Waals surface area (Å²) >= 11 is 0. The van der Waals surface area contributed by atoms with Crippen LogP contribution in [0.25, 0.3) is 0 Å². The van der Waals surface area contributed by atoms with E-state index in [9.17, 15) is 14.9 Å². The molecule has 1 aliphatic rings. The fourth-order valence-corrected chi connectivity index (χ4v) is 3.91. The number of nitro groups is 1. The maximum atomic E-state index is 13.0. The van der Waals surface area contributed by atoms with Crippen LogP contribution in [0.1, 0.15) is 38.7 Å². The van der Waals surface area contributed by atoms with Crippen molar-refractivity contribution in [2.24, 2.45) is 5.92 Å². The number of hydrogen-bond acceptors (Lipinski definition) is 4. The Morgan fingerprint density at radius 2 is 1.72 bits per heavy atom. The van der Waals surface area contributed by atoms with E-state index in [1.165, 1.54) is 0 Å². The van der Waals surface area contributed by atoms with Gasteiger partial charge in [0.05, 0.1) is 4.92 Å². The van der Waals surface area contributed by atoms with Gasteiger partial charge in [0, 0.05) is 49.9 Å². The molecular weight excluding hydrogens is 366 g/mol. The molecule has 0 bridgehead atoms. The summed E-state index contributed by atoms with van der Waals surface area (Å²) in [5.74, 6) is 0.524. The van der Waals surface area contributed by atoms with E-state index >= 15 is 0 Å². The number of anilines is 1. The molecule has 2 aromatic rings. The first-order valence-corrected chi connectivity index (χ1v) is 10.3. The normalized spacial score (nSPS) is 15.4. The van der Waals surface area contributed by atoms with E-state index in [2.05, 4.69) is 18.7 Å². The van der Waals surface area contributed by atoms with Gasteiger partial charge < -0.3 is 4.90 Å². The van der Waals surface area contributed by atoms with Crippen molar-refractivity contribution in [3.63, 3.8) is 0 Å². The molecule has 1 saturated heterocycles. The Kier molecular flexibility index (Phi) is 6.99. The van der Waals surface area contributed by atoms with E-state index in [1.54, 1.807) is 12.1 Å². The van der Waals surface area contributed by atoms with E-state index in [0.717, 1.165) is 43.7 Å². The monoisotopic (exact) mass is 395 g/mol. The lowest BCUT2D eigenvalue weighted by Crippen LogP contribution is -2.47. The van der Waals surface area contributed by atoms with Crippen molar-refractivity contribution in [1.29, 1.82) is 0 Å². The highest BCUT2D eigenvalue weighted by molar-refractivity contribution is 5.94. The fraction of sp³-hybridized carbons (Fsp3) is 0.435. The maximum Gasteiger partial charge on any atom is 0.269 e. The highest BCUT2D eigenvalue weighted by Crippen LogP contribution is 2.26. The minimum Gasteiger partial charge on any atom is -0.309 e. The van der Waals surface area contributed by atoms with Gasteiger partial charge in [0.2, 0.25) is 5.91 Å². The van der Waals surface area contributed by atoms with Crippen molar-refractivity contribution in [1.82, 2.24) is 4.90 Å². The molecular formula is C23H29N3O3.